The number of fused-ring (bicyclic) bond motifs is 1. The minimum absolute atomic E-state index is 0. The highest BCUT2D eigenvalue weighted by atomic mass is 35.5. The molecule has 0 atom stereocenters. The molecule has 0 saturated heterocycles. The first-order valence-electron chi connectivity index (χ1n) is 4.60. The van der Waals surface area contributed by atoms with Crippen LogP contribution in [0.15, 0.2) is 6.07 Å². The van der Waals surface area contributed by atoms with Crippen LogP contribution in [0.1, 0.15) is 17.2 Å². The van der Waals surface area contributed by atoms with Gasteiger partial charge in [-0.1, -0.05) is 0 Å². The Morgan fingerprint density at radius 3 is 2.73 bits per heavy atom. The number of nitrogens with two attached hydrogens (primary N) is 1. The van der Waals surface area contributed by atoms with Crippen molar-refractivity contribution in [2.75, 3.05) is 6.54 Å². The SMILES string of the molecule is Cc1cc(C)n2nc(CCN)nc2n1.Cl. The Balaban J connectivity index is 0.00000112. The zero-order valence-corrected chi connectivity index (χ0v) is 9.58. The highest BCUT2D eigenvalue weighted by Crippen LogP contribution is 2.05. The molecular weight excluding hydrogens is 214 g/mol. The molecule has 2 aromatic rings. The van der Waals surface area contributed by atoms with Crippen LogP contribution < -0.4 is 5.73 Å². The smallest absolute Gasteiger partial charge is 0.252 e. The Morgan fingerprint density at radius 1 is 1.33 bits per heavy atom. The van der Waals surface area contributed by atoms with Crippen LogP contribution in [0.5, 0.6) is 0 Å². The molecule has 0 radical (unpaired) electrons. The van der Waals surface area contributed by atoms with Gasteiger partial charge >= 0.3 is 0 Å². The lowest BCUT2D eigenvalue weighted by Crippen LogP contribution is -2.04. The lowest BCUT2D eigenvalue weighted by atomic mass is 10.4. The van der Waals surface area contributed by atoms with E-state index in [1.807, 2.05) is 19.9 Å². The van der Waals surface area contributed by atoms with Crippen LogP contribution in [0.25, 0.3) is 5.78 Å². The highest BCUT2D eigenvalue weighted by molar-refractivity contribution is 5.85. The van der Waals surface area contributed by atoms with Crippen LogP contribution in [-0.2, 0) is 6.42 Å². The van der Waals surface area contributed by atoms with Gasteiger partial charge in [0.05, 0.1) is 0 Å². The lowest BCUT2D eigenvalue weighted by molar-refractivity contribution is 0.823. The van der Waals surface area contributed by atoms with Gasteiger partial charge in [-0.25, -0.2) is 9.50 Å². The zero-order chi connectivity index (χ0) is 10.1. The largest absolute Gasteiger partial charge is 0.330 e. The molecule has 0 aliphatic carbocycles. The molecule has 2 rings (SSSR count). The quantitative estimate of drug-likeness (QED) is 0.819. The number of nitrogens with zero attached hydrogens (tertiary/aromatic N) is 4. The van der Waals surface area contributed by atoms with E-state index in [2.05, 4.69) is 15.1 Å². The van der Waals surface area contributed by atoms with Gasteiger partial charge in [0, 0.05) is 17.8 Å². The molecule has 0 aliphatic rings. The van der Waals surface area contributed by atoms with Gasteiger partial charge in [-0.2, -0.15) is 4.98 Å². The summed E-state index contributed by atoms with van der Waals surface area (Å²) >= 11 is 0. The zero-order valence-electron chi connectivity index (χ0n) is 8.77. The fourth-order valence-corrected chi connectivity index (χ4v) is 1.44. The second-order valence-corrected chi connectivity index (χ2v) is 3.32. The Labute approximate surface area is 94.1 Å². The Morgan fingerprint density at radius 2 is 2.07 bits per heavy atom. The second kappa shape index (κ2) is 4.55. The summed E-state index contributed by atoms with van der Waals surface area (Å²) in [7, 11) is 0. The van der Waals surface area contributed by atoms with Crippen molar-refractivity contribution >= 4 is 18.2 Å². The van der Waals surface area contributed by atoms with Crippen LogP contribution in [-0.4, -0.2) is 26.1 Å². The van der Waals surface area contributed by atoms with E-state index in [-0.39, 0.29) is 12.4 Å². The number of aryl methyl sites for hydroxylation is 2. The van der Waals surface area contributed by atoms with E-state index in [0.717, 1.165) is 17.2 Å². The normalized spacial score (nSPS) is 10.3. The third-order valence-corrected chi connectivity index (χ3v) is 2.03. The predicted octanol–water partition coefficient (Wildman–Crippen LogP) is 0.664. The van der Waals surface area contributed by atoms with Crippen LogP contribution in [0.3, 0.4) is 0 Å². The first-order valence-corrected chi connectivity index (χ1v) is 4.60. The fourth-order valence-electron chi connectivity index (χ4n) is 1.44. The molecule has 0 aromatic carbocycles. The van der Waals surface area contributed by atoms with Crippen LogP contribution >= 0.6 is 12.4 Å². The molecular formula is C9H14ClN5. The molecule has 0 fully saturated rings. The molecule has 82 valence electrons. The van der Waals surface area contributed by atoms with E-state index in [0.29, 0.717) is 18.7 Å². The van der Waals surface area contributed by atoms with Crippen molar-refractivity contribution in [1.82, 2.24) is 19.6 Å². The van der Waals surface area contributed by atoms with E-state index in [1.165, 1.54) is 0 Å². The molecule has 0 bridgehead atoms. The summed E-state index contributed by atoms with van der Waals surface area (Å²) in [5.74, 6) is 1.42. The summed E-state index contributed by atoms with van der Waals surface area (Å²) in [4.78, 5) is 8.57. The molecule has 0 amide bonds. The van der Waals surface area contributed by atoms with Gasteiger partial charge in [-0.3, -0.25) is 0 Å². The topological polar surface area (TPSA) is 69.1 Å². The standard InChI is InChI=1S/C9H13N5.ClH/c1-6-5-7(2)14-9(11-6)12-8(13-14)3-4-10;/h5H,3-4,10H2,1-2H3;1H. The minimum Gasteiger partial charge on any atom is -0.330 e. The summed E-state index contributed by atoms with van der Waals surface area (Å²) in [5.41, 5.74) is 7.45. The second-order valence-electron chi connectivity index (χ2n) is 3.32. The predicted molar refractivity (Wildman–Crippen MR) is 60.3 cm³/mol. The van der Waals surface area contributed by atoms with Crippen molar-refractivity contribution in [3.63, 3.8) is 0 Å². The summed E-state index contributed by atoms with van der Waals surface area (Å²) in [6, 6.07) is 1.98. The molecule has 15 heavy (non-hydrogen) atoms. The molecule has 2 aromatic heterocycles. The minimum atomic E-state index is 0. The average Bonchev–Trinajstić information content (AvgIpc) is 2.48. The molecule has 0 aliphatic heterocycles. The Kier molecular flexibility index (Phi) is 3.60. The van der Waals surface area contributed by atoms with Gasteiger partial charge in [0.25, 0.3) is 5.78 Å². The lowest BCUT2D eigenvalue weighted by Gasteiger charge is -1.97. The van der Waals surface area contributed by atoms with Gasteiger partial charge in [0.2, 0.25) is 0 Å². The third-order valence-electron chi connectivity index (χ3n) is 2.03. The van der Waals surface area contributed by atoms with Crippen molar-refractivity contribution in [2.45, 2.75) is 20.3 Å². The molecule has 5 nitrogen and oxygen atoms in total. The number of rotatable bonds is 2. The monoisotopic (exact) mass is 227 g/mol. The van der Waals surface area contributed by atoms with Crippen molar-refractivity contribution < 1.29 is 0 Å². The van der Waals surface area contributed by atoms with Crippen molar-refractivity contribution in [2.24, 2.45) is 5.73 Å². The number of hydrogen-bond donors (Lipinski definition) is 1. The van der Waals surface area contributed by atoms with Crippen LogP contribution in [0, 0.1) is 13.8 Å². The van der Waals surface area contributed by atoms with E-state index >= 15 is 0 Å². The maximum atomic E-state index is 5.44. The first-order chi connectivity index (χ1) is 6.70. The highest BCUT2D eigenvalue weighted by Gasteiger charge is 2.06. The molecule has 0 saturated carbocycles. The molecule has 0 spiro atoms. The van der Waals surface area contributed by atoms with Gasteiger partial charge in [-0.15, -0.1) is 17.5 Å². The fraction of sp³-hybridized carbons (Fsp3) is 0.444. The van der Waals surface area contributed by atoms with Crippen LogP contribution in [0.4, 0.5) is 0 Å². The number of hydrogen-bond acceptors (Lipinski definition) is 4. The van der Waals surface area contributed by atoms with E-state index in [1.54, 1.807) is 4.52 Å². The van der Waals surface area contributed by atoms with Crippen LogP contribution in [0.2, 0.25) is 0 Å². The molecule has 6 heteroatoms. The van der Waals surface area contributed by atoms with E-state index in [9.17, 15) is 0 Å². The maximum absolute atomic E-state index is 5.44. The molecule has 2 heterocycles. The van der Waals surface area contributed by atoms with Gasteiger partial charge < -0.3 is 5.73 Å². The number of halogens is 1. The van der Waals surface area contributed by atoms with E-state index < -0.39 is 0 Å². The summed E-state index contributed by atoms with van der Waals surface area (Å²) in [6.07, 6.45) is 0.696. The van der Waals surface area contributed by atoms with Gasteiger partial charge in [0.15, 0.2) is 5.82 Å². The summed E-state index contributed by atoms with van der Waals surface area (Å²) in [6.45, 7) is 4.50. The third kappa shape index (κ3) is 2.24. The van der Waals surface area contributed by atoms with E-state index in [4.69, 9.17) is 5.73 Å². The Hall–Kier alpha value is -1.20. The van der Waals surface area contributed by atoms with Gasteiger partial charge in [-0.05, 0) is 26.5 Å². The average molecular weight is 228 g/mol. The number of aromatic nitrogens is 4. The van der Waals surface area contributed by atoms with Crippen molar-refractivity contribution in [3.8, 4) is 0 Å². The molecule has 0 unspecified atom stereocenters. The summed E-state index contributed by atoms with van der Waals surface area (Å²) < 4.78 is 1.75. The molecule has 2 N–H and O–H groups in total. The van der Waals surface area contributed by atoms with Gasteiger partial charge in [0.1, 0.15) is 0 Å². The first kappa shape index (κ1) is 11.9. The van der Waals surface area contributed by atoms with Crippen molar-refractivity contribution in [1.29, 1.82) is 0 Å². The maximum Gasteiger partial charge on any atom is 0.252 e. The summed E-state index contributed by atoms with van der Waals surface area (Å²) in [5, 5.41) is 4.31. The Bertz CT molecular complexity index is 465. The van der Waals surface area contributed by atoms with Crippen molar-refractivity contribution in [3.05, 3.63) is 23.3 Å².